The first kappa shape index (κ1) is 17.6. The fraction of sp³-hybridized carbons (Fsp3) is 0.714. The number of nitrogens with one attached hydrogen (secondary N) is 1. The highest BCUT2D eigenvalue weighted by Gasteiger charge is 2.44. The fourth-order valence-electron chi connectivity index (χ4n) is 3.83. The lowest BCUT2D eigenvalue weighted by atomic mass is 10.1. The van der Waals surface area contributed by atoms with Crippen molar-refractivity contribution in [2.45, 2.75) is 62.0 Å². The fourth-order valence-corrected chi connectivity index (χ4v) is 3.83. The lowest BCUT2D eigenvalue weighted by Crippen LogP contribution is -2.32. The molecule has 7 heteroatoms. The molecular formula is C21H27NO6. The van der Waals surface area contributed by atoms with Crippen LogP contribution in [-0.4, -0.2) is 80.7 Å². The summed E-state index contributed by atoms with van der Waals surface area (Å²) in [6.45, 7) is 4.36. The summed E-state index contributed by atoms with van der Waals surface area (Å²) in [5, 5.41) is 0. The van der Waals surface area contributed by atoms with Crippen LogP contribution in [0.5, 0.6) is 0 Å². The summed E-state index contributed by atoms with van der Waals surface area (Å²) in [6.07, 6.45) is 5.19. The molecular weight excluding hydrogens is 362 g/mol. The average molecular weight is 389 g/mol. The zero-order valence-electron chi connectivity index (χ0n) is 15.9. The Balaban J connectivity index is 0.000000122. The molecule has 152 valence electrons. The van der Waals surface area contributed by atoms with Crippen LogP contribution in [0.1, 0.15) is 18.4 Å². The van der Waals surface area contributed by atoms with Gasteiger partial charge in [0, 0.05) is 30.3 Å². The van der Waals surface area contributed by atoms with E-state index in [1.807, 2.05) is 0 Å². The van der Waals surface area contributed by atoms with Gasteiger partial charge in [-0.3, -0.25) is 0 Å². The Labute approximate surface area is 163 Å². The molecule has 0 aromatic carbocycles. The SMILES string of the molecule is C1OC1CC(OC(CC1CO1)C1CO1)C1CO1.c1cc2[nH]c1cc2CC1CO1. The van der Waals surface area contributed by atoms with Crippen molar-refractivity contribution in [3.8, 4) is 0 Å². The predicted molar refractivity (Wildman–Crippen MR) is 99.8 cm³/mol. The highest BCUT2D eigenvalue weighted by Crippen LogP contribution is 2.32. The van der Waals surface area contributed by atoms with Crippen molar-refractivity contribution in [1.29, 1.82) is 0 Å². The Morgan fingerprint density at radius 3 is 1.79 bits per heavy atom. The van der Waals surface area contributed by atoms with E-state index in [-0.39, 0.29) is 24.4 Å². The Hall–Kier alpha value is -1.22. The van der Waals surface area contributed by atoms with E-state index in [4.69, 9.17) is 28.4 Å². The number of benzene rings is 1. The van der Waals surface area contributed by atoms with E-state index in [1.54, 1.807) is 0 Å². The Morgan fingerprint density at radius 2 is 1.39 bits per heavy atom. The van der Waals surface area contributed by atoms with E-state index < -0.39 is 0 Å². The first-order valence-corrected chi connectivity index (χ1v) is 10.4. The number of aromatic nitrogens is 1. The van der Waals surface area contributed by atoms with Gasteiger partial charge in [0.15, 0.2) is 0 Å². The number of epoxide rings is 5. The first-order valence-electron chi connectivity index (χ1n) is 10.4. The van der Waals surface area contributed by atoms with Crippen LogP contribution < -0.4 is 0 Å². The van der Waals surface area contributed by atoms with Gasteiger partial charge >= 0.3 is 0 Å². The first-order chi connectivity index (χ1) is 13.8. The molecule has 5 saturated heterocycles. The van der Waals surface area contributed by atoms with Crippen LogP contribution >= 0.6 is 0 Å². The average Bonchev–Trinajstić information content (AvgIpc) is 3.47. The minimum Gasteiger partial charge on any atom is -0.373 e. The van der Waals surface area contributed by atoms with Crippen molar-refractivity contribution < 1.29 is 28.4 Å². The molecule has 0 amide bonds. The Bertz CT molecular complexity index is 747. The number of H-pyrrole nitrogens is 1. The van der Waals surface area contributed by atoms with Gasteiger partial charge in [0.2, 0.25) is 0 Å². The molecule has 7 atom stereocenters. The van der Waals surface area contributed by atoms with Gasteiger partial charge < -0.3 is 33.4 Å². The molecule has 7 heterocycles. The van der Waals surface area contributed by atoms with Gasteiger partial charge in [0.1, 0.15) is 12.2 Å². The van der Waals surface area contributed by atoms with Crippen LogP contribution in [0.25, 0.3) is 11.0 Å². The quantitative estimate of drug-likeness (QED) is 0.622. The smallest absolute Gasteiger partial charge is 0.107 e. The standard InChI is InChI=1S/C12H18O5.C9H9NO/c1(7-3-13-7)9(11-5-15-11)17-10(12-6-16-12)2-8-4-14-8;1-2-9-6(3-7(1)10-9)4-8-5-11-8/h7-12H,1-6H2;1-3,8,10H,4-5H2. The van der Waals surface area contributed by atoms with Gasteiger partial charge in [0.25, 0.3) is 0 Å². The summed E-state index contributed by atoms with van der Waals surface area (Å²) in [4.78, 5) is 3.29. The highest BCUT2D eigenvalue weighted by atomic mass is 16.6. The molecule has 5 aliphatic heterocycles. The van der Waals surface area contributed by atoms with E-state index in [0.717, 1.165) is 52.3 Å². The number of ether oxygens (including phenoxy) is 6. The van der Waals surface area contributed by atoms with Crippen molar-refractivity contribution >= 4 is 11.0 Å². The molecule has 5 fully saturated rings. The highest BCUT2D eigenvalue weighted by molar-refractivity contribution is 5.70. The van der Waals surface area contributed by atoms with Crippen molar-refractivity contribution in [2.75, 3.05) is 33.0 Å². The van der Waals surface area contributed by atoms with Crippen molar-refractivity contribution in [2.24, 2.45) is 0 Å². The Morgan fingerprint density at radius 1 is 0.821 bits per heavy atom. The molecule has 0 aliphatic carbocycles. The summed E-state index contributed by atoms with van der Waals surface area (Å²) in [6, 6.07) is 6.44. The maximum Gasteiger partial charge on any atom is 0.107 e. The normalized spacial score (nSPS) is 36.5. The van der Waals surface area contributed by atoms with E-state index in [0.29, 0.717) is 18.3 Å². The van der Waals surface area contributed by atoms with Gasteiger partial charge in [-0.1, -0.05) is 0 Å². The molecule has 2 bridgehead atoms. The maximum absolute atomic E-state index is 6.19. The van der Waals surface area contributed by atoms with Crippen LogP contribution in [0.3, 0.4) is 0 Å². The van der Waals surface area contributed by atoms with Gasteiger partial charge in [0.05, 0.1) is 63.6 Å². The lowest BCUT2D eigenvalue weighted by molar-refractivity contribution is -0.0500. The molecule has 1 N–H and O–H groups in total. The minimum absolute atomic E-state index is 0.176. The topological polar surface area (TPSA) is 87.7 Å². The van der Waals surface area contributed by atoms with E-state index in [2.05, 4.69) is 23.2 Å². The third kappa shape index (κ3) is 4.67. The number of aromatic amines is 1. The van der Waals surface area contributed by atoms with Crippen molar-refractivity contribution in [1.82, 2.24) is 4.98 Å². The van der Waals surface area contributed by atoms with Gasteiger partial charge in [-0.05, 0) is 23.8 Å². The minimum atomic E-state index is 0.176. The van der Waals surface area contributed by atoms with Crippen molar-refractivity contribution in [3.63, 3.8) is 0 Å². The van der Waals surface area contributed by atoms with Crippen LogP contribution in [0.15, 0.2) is 18.2 Å². The molecule has 7 rings (SSSR count). The summed E-state index contributed by atoms with van der Waals surface area (Å²) in [5.74, 6) is 0. The summed E-state index contributed by atoms with van der Waals surface area (Å²) in [5.41, 5.74) is 3.91. The van der Waals surface area contributed by atoms with Crippen LogP contribution in [0.4, 0.5) is 0 Å². The van der Waals surface area contributed by atoms with Gasteiger partial charge in [-0.2, -0.15) is 0 Å². The Kier molecular flexibility index (Phi) is 4.55. The number of hydrogen-bond acceptors (Lipinski definition) is 6. The zero-order valence-corrected chi connectivity index (χ0v) is 15.9. The lowest BCUT2D eigenvalue weighted by Gasteiger charge is -2.22. The second-order valence-electron chi connectivity index (χ2n) is 8.50. The van der Waals surface area contributed by atoms with Crippen LogP contribution in [-0.2, 0) is 34.8 Å². The van der Waals surface area contributed by atoms with Crippen LogP contribution in [0, 0.1) is 0 Å². The molecule has 0 radical (unpaired) electrons. The second kappa shape index (κ2) is 7.23. The summed E-state index contributed by atoms with van der Waals surface area (Å²) < 4.78 is 32.6. The molecule has 0 saturated carbocycles. The molecule has 28 heavy (non-hydrogen) atoms. The summed E-state index contributed by atoms with van der Waals surface area (Å²) >= 11 is 0. The number of rotatable bonds is 10. The molecule has 2 aromatic rings. The van der Waals surface area contributed by atoms with E-state index in [1.165, 1.54) is 16.6 Å². The largest absolute Gasteiger partial charge is 0.373 e. The molecule has 2 aromatic heterocycles. The third-order valence-corrected chi connectivity index (χ3v) is 5.93. The maximum atomic E-state index is 6.19. The second-order valence-corrected chi connectivity index (χ2v) is 8.50. The predicted octanol–water partition coefficient (Wildman–Crippen LogP) is 1.66. The van der Waals surface area contributed by atoms with Crippen molar-refractivity contribution in [3.05, 3.63) is 23.8 Å². The van der Waals surface area contributed by atoms with E-state index >= 15 is 0 Å². The molecule has 0 spiro atoms. The number of fused-ring (bicyclic) bond motifs is 2. The van der Waals surface area contributed by atoms with Crippen LogP contribution in [0.2, 0.25) is 0 Å². The van der Waals surface area contributed by atoms with E-state index in [9.17, 15) is 0 Å². The van der Waals surface area contributed by atoms with Gasteiger partial charge in [-0.25, -0.2) is 0 Å². The monoisotopic (exact) mass is 389 g/mol. The zero-order chi connectivity index (χ0) is 18.5. The summed E-state index contributed by atoms with van der Waals surface area (Å²) in [7, 11) is 0. The number of hydrogen-bond donors (Lipinski definition) is 1. The third-order valence-electron chi connectivity index (χ3n) is 5.93. The molecule has 5 aliphatic rings. The molecule has 7 unspecified atom stereocenters. The molecule has 7 nitrogen and oxygen atoms in total. The van der Waals surface area contributed by atoms with Gasteiger partial charge in [-0.15, -0.1) is 0 Å².